The van der Waals surface area contributed by atoms with Crippen molar-refractivity contribution in [1.82, 2.24) is 4.90 Å². The van der Waals surface area contributed by atoms with Crippen molar-refractivity contribution in [2.75, 3.05) is 26.0 Å². The molecule has 1 amide bonds. The molecule has 0 aliphatic rings. The van der Waals surface area contributed by atoms with Crippen molar-refractivity contribution in [2.45, 2.75) is 20.4 Å². The molecule has 2 rings (SSSR count). The van der Waals surface area contributed by atoms with E-state index in [9.17, 15) is 9.18 Å². The number of nitrogens with one attached hydrogen (secondary N) is 1. The lowest BCUT2D eigenvalue weighted by atomic mass is 10.1. The number of carbonyl (C=O) groups excluding carboxylic acids is 1. The van der Waals surface area contributed by atoms with Crippen LogP contribution in [0.4, 0.5) is 10.1 Å². The second-order valence-corrected chi connectivity index (χ2v) is 5.99. The summed E-state index contributed by atoms with van der Waals surface area (Å²) in [5.74, 6) is 0.348. The van der Waals surface area contributed by atoms with Gasteiger partial charge in [0.1, 0.15) is 11.6 Å². The highest BCUT2D eigenvalue weighted by molar-refractivity contribution is 5.92. The second kappa shape index (κ2) is 7.93. The molecule has 128 valence electrons. The molecule has 0 bridgehead atoms. The van der Waals surface area contributed by atoms with Crippen molar-refractivity contribution in [3.8, 4) is 5.75 Å². The number of carbonyl (C=O) groups is 1. The van der Waals surface area contributed by atoms with Gasteiger partial charge < -0.3 is 10.1 Å². The Kier molecular flexibility index (Phi) is 5.93. The van der Waals surface area contributed by atoms with E-state index in [1.54, 1.807) is 19.2 Å². The number of anilines is 1. The van der Waals surface area contributed by atoms with Gasteiger partial charge in [0.05, 0.1) is 13.7 Å². The van der Waals surface area contributed by atoms with Gasteiger partial charge in [-0.15, -0.1) is 0 Å². The van der Waals surface area contributed by atoms with E-state index < -0.39 is 0 Å². The molecule has 4 nitrogen and oxygen atoms in total. The Morgan fingerprint density at radius 2 is 1.88 bits per heavy atom. The maximum Gasteiger partial charge on any atom is 0.238 e. The van der Waals surface area contributed by atoms with Crippen LogP contribution in [-0.2, 0) is 11.3 Å². The van der Waals surface area contributed by atoms with Gasteiger partial charge in [-0.3, -0.25) is 9.69 Å². The summed E-state index contributed by atoms with van der Waals surface area (Å²) in [5.41, 5.74) is 3.73. The van der Waals surface area contributed by atoms with Gasteiger partial charge in [-0.05, 0) is 55.8 Å². The van der Waals surface area contributed by atoms with E-state index in [0.29, 0.717) is 12.2 Å². The standard InChI is InChI=1S/C19H23FN2O2/c1-13-8-15(9-14(2)19(13)24-4)11-22(3)12-18(23)21-17-7-5-6-16(20)10-17/h5-10H,11-12H2,1-4H3,(H,21,23). The molecule has 0 fully saturated rings. The summed E-state index contributed by atoms with van der Waals surface area (Å²) in [5, 5.41) is 2.70. The van der Waals surface area contributed by atoms with Crippen LogP contribution in [0.2, 0.25) is 0 Å². The molecule has 0 heterocycles. The van der Waals surface area contributed by atoms with Gasteiger partial charge in [0, 0.05) is 12.2 Å². The third-order valence-electron chi connectivity index (χ3n) is 3.70. The molecular weight excluding hydrogens is 307 g/mol. The van der Waals surface area contributed by atoms with Crippen LogP contribution in [0.1, 0.15) is 16.7 Å². The number of amides is 1. The van der Waals surface area contributed by atoms with Crippen LogP contribution in [-0.4, -0.2) is 31.5 Å². The Hall–Kier alpha value is -2.40. The fourth-order valence-electron chi connectivity index (χ4n) is 2.83. The van der Waals surface area contributed by atoms with Gasteiger partial charge >= 0.3 is 0 Å². The van der Waals surface area contributed by atoms with E-state index in [1.165, 1.54) is 12.1 Å². The maximum atomic E-state index is 13.1. The minimum absolute atomic E-state index is 0.176. The Balaban J connectivity index is 1.95. The van der Waals surface area contributed by atoms with Crippen molar-refractivity contribution in [2.24, 2.45) is 0 Å². The van der Waals surface area contributed by atoms with Crippen LogP contribution in [0, 0.1) is 19.7 Å². The SMILES string of the molecule is COc1c(C)cc(CN(C)CC(=O)Nc2cccc(F)c2)cc1C. The third kappa shape index (κ3) is 4.80. The first kappa shape index (κ1) is 17.9. The number of methoxy groups -OCH3 is 1. The highest BCUT2D eigenvalue weighted by Crippen LogP contribution is 2.24. The van der Waals surface area contributed by atoms with E-state index in [1.807, 2.05) is 25.8 Å². The summed E-state index contributed by atoms with van der Waals surface area (Å²) >= 11 is 0. The van der Waals surface area contributed by atoms with Crippen molar-refractivity contribution in [3.05, 3.63) is 58.9 Å². The fourth-order valence-corrected chi connectivity index (χ4v) is 2.83. The predicted molar refractivity (Wildman–Crippen MR) is 93.8 cm³/mol. The molecule has 0 saturated heterocycles. The molecular formula is C19H23FN2O2. The van der Waals surface area contributed by atoms with E-state index in [0.717, 1.165) is 22.4 Å². The molecule has 0 aliphatic heterocycles. The van der Waals surface area contributed by atoms with Gasteiger partial charge in [-0.25, -0.2) is 4.39 Å². The minimum Gasteiger partial charge on any atom is -0.496 e. The van der Waals surface area contributed by atoms with Crippen molar-refractivity contribution in [1.29, 1.82) is 0 Å². The zero-order chi connectivity index (χ0) is 17.7. The average Bonchev–Trinajstić information content (AvgIpc) is 2.46. The summed E-state index contributed by atoms with van der Waals surface area (Å²) in [6.07, 6.45) is 0. The van der Waals surface area contributed by atoms with Crippen LogP contribution in [0.5, 0.6) is 5.75 Å². The van der Waals surface area contributed by atoms with Gasteiger partial charge in [-0.2, -0.15) is 0 Å². The molecule has 0 radical (unpaired) electrons. The van der Waals surface area contributed by atoms with Crippen LogP contribution < -0.4 is 10.1 Å². The number of nitrogens with zero attached hydrogens (tertiary/aromatic N) is 1. The fraction of sp³-hybridized carbons (Fsp3) is 0.316. The topological polar surface area (TPSA) is 41.6 Å². The Morgan fingerprint density at radius 1 is 1.21 bits per heavy atom. The zero-order valence-electron chi connectivity index (χ0n) is 14.5. The molecule has 0 unspecified atom stereocenters. The molecule has 2 aromatic carbocycles. The molecule has 0 aliphatic carbocycles. The normalized spacial score (nSPS) is 10.8. The Labute approximate surface area is 142 Å². The van der Waals surface area contributed by atoms with Crippen molar-refractivity contribution in [3.63, 3.8) is 0 Å². The average molecular weight is 330 g/mol. The van der Waals surface area contributed by atoms with E-state index in [-0.39, 0.29) is 18.3 Å². The summed E-state index contributed by atoms with van der Waals surface area (Å²) in [6.45, 7) is 4.88. The number of benzene rings is 2. The van der Waals surface area contributed by atoms with Crippen molar-refractivity contribution >= 4 is 11.6 Å². The van der Waals surface area contributed by atoms with Gasteiger partial charge in [-0.1, -0.05) is 18.2 Å². The van der Waals surface area contributed by atoms with Crippen LogP contribution >= 0.6 is 0 Å². The molecule has 24 heavy (non-hydrogen) atoms. The molecule has 2 aromatic rings. The lowest BCUT2D eigenvalue weighted by molar-refractivity contribution is -0.117. The first-order valence-electron chi connectivity index (χ1n) is 7.77. The smallest absolute Gasteiger partial charge is 0.238 e. The lowest BCUT2D eigenvalue weighted by Crippen LogP contribution is -2.29. The van der Waals surface area contributed by atoms with Gasteiger partial charge in [0.15, 0.2) is 0 Å². The Morgan fingerprint density at radius 3 is 2.46 bits per heavy atom. The molecule has 5 heteroatoms. The van der Waals surface area contributed by atoms with Gasteiger partial charge in [0.25, 0.3) is 0 Å². The summed E-state index contributed by atoms with van der Waals surface area (Å²) in [7, 11) is 3.54. The van der Waals surface area contributed by atoms with Crippen LogP contribution in [0.3, 0.4) is 0 Å². The second-order valence-electron chi connectivity index (χ2n) is 5.99. The largest absolute Gasteiger partial charge is 0.496 e. The first-order chi connectivity index (χ1) is 11.4. The molecule has 0 atom stereocenters. The third-order valence-corrected chi connectivity index (χ3v) is 3.70. The van der Waals surface area contributed by atoms with Crippen molar-refractivity contribution < 1.29 is 13.9 Å². The number of hydrogen-bond acceptors (Lipinski definition) is 3. The van der Waals surface area contributed by atoms with E-state index in [4.69, 9.17) is 4.74 Å². The van der Waals surface area contributed by atoms with E-state index in [2.05, 4.69) is 17.4 Å². The number of halogens is 1. The van der Waals surface area contributed by atoms with E-state index >= 15 is 0 Å². The molecule has 1 N–H and O–H groups in total. The minimum atomic E-state index is -0.370. The lowest BCUT2D eigenvalue weighted by Gasteiger charge is -2.18. The summed E-state index contributed by atoms with van der Waals surface area (Å²) in [4.78, 5) is 14.0. The highest BCUT2D eigenvalue weighted by Gasteiger charge is 2.10. The first-order valence-corrected chi connectivity index (χ1v) is 7.77. The quantitative estimate of drug-likeness (QED) is 0.881. The number of ether oxygens (including phenoxy) is 1. The molecule has 0 saturated carbocycles. The van der Waals surface area contributed by atoms with Crippen LogP contribution in [0.15, 0.2) is 36.4 Å². The Bertz CT molecular complexity index is 708. The number of likely N-dealkylation sites (N-methyl/N-ethyl adjacent to an activating group) is 1. The summed E-state index contributed by atoms with van der Waals surface area (Å²) < 4.78 is 18.5. The number of rotatable bonds is 6. The summed E-state index contributed by atoms with van der Waals surface area (Å²) in [6, 6.07) is 10.00. The monoisotopic (exact) mass is 330 g/mol. The number of aryl methyl sites for hydroxylation is 2. The molecule has 0 aromatic heterocycles. The highest BCUT2D eigenvalue weighted by atomic mass is 19.1. The maximum absolute atomic E-state index is 13.1. The zero-order valence-corrected chi connectivity index (χ0v) is 14.5. The number of hydrogen-bond donors (Lipinski definition) is 1. The van der Waals surface area contributed by atoms with Crippen LogP contribution in [0.25, 0.3) is 0 Å². The molecule has 0 spiro atoms. The predicted octanol–water partition coefficient (Wildman–Crippen LogP) is 3.52. The van der Waals surface area contributed by atoms with Gasteiger partial charge in [0.2, 0.25) is 5.91 Å².